The van der Waals surface area contributed by atoms with Crippen LogP contribution in [0, 0.1) is 5.82 Å². The van der Waals surface area contributed by atoms with Crippen molar-refractivity contribution in [2.75, 3.05) is 5.73 Å². The number of hydrogen-bond donors (Lipinski definition) is 1. The van der Waals surface area contributed by atoms with Gasteiger partial charge in [-0.3, -0.25) is 4.40 Å². The van der Waals surface area contributed by atoms with E-state index >= 15 is 0 Å². The predicted octanol–water partition coefficient (Wildman–Crippen LogP) is 2.12. The molecule has 17 heavy (non-hydrogen) atoms. The second-order valence-corrected chi connectivity index (χ2v) is 3.72. The summed E-state index contributed by atoms with van der Waals surface area (Å²) in [5.74, 6) is 0.272. The number of nitrogens with two attached hydrogens (primary N) is 1. The SMILES string of the molecule is Nc1ccc(-c2nnc3ccc(F)cn23)cc1. The van der Waals surface area contributed by atoms with E-state index in [0.717, 1.165) is 5.56 Å². The van der Waals surface area contributed by atoms with E-state index in [0.29, 0.717) is 17.2 Å². The topological polar surface area (TPSA) is 56.2 Å². The summed E-state index contributed by atoms with van der Waals surface area (Å²) in [6.07, 6.45) is 1.36. The maximum Gasteiger partial charge on any atom is 0.168 e. The number of aromatic nitrogens is 3. The van der Waals surface area contributed by atoms with Gasteiger partial charge in [0.05, 0.1) is 0 Å². The Hall–Kier alpha value is -2.43. The van der Waals surface area contributed by atoms with Crippen molar-refractivity contribution in [3.8, 4) is 11.4 Å². The van der Waals surface area contributed by atoms with E-state index in [1.54, 1.807) is 22.6 Å². The summed E-state index contributed by atoms with van der Waals surface area (Å²) in [7, 11) is 0. The molecule has 84 valence electrons. The van der Waals surface area contributed by atoms with E-state index in [1.165, 1.54) is 12.3 Å². The number of nitrogens with zero attached hydrogens (tertiary/aromatic N) is 3. The maximum atomic E-state index is 13.2. The molecular formula is C12H9FN4. The lowest BCUT2D eigenvalue weighted by Crippen LogP contribution is -1.91. The van der Waals surface area contributed by atoms with Gasteiger partial charge in [-0.2, -0.15) is 0 Å². The molecule has 0 radical (unpaired) electrons. The molecule has 0 aliphatic rings. The summed E-state index contributed by atoms with van der Waals surface area (Å²) in [6, 6.07) is 10.2. The van der Waals surface area contributed by atoms with Gasteiger partial charge >= 0.3 is 0 Å². The monoisotopic (exact) mass is 228 g/mol. The Bertz CT molecular complexity index is 673. The molecule has 0 atom stereocenters. The third kappa shape index (κ3) is 1.61. The van der Waals surface area contributed by atoms with Crippen LogP contribution in [0.5, 0.6) is 0 Å². The molecule has 1 aromatic carbocycles. The molecule has 0 aliphatic carbocycles. The Morgan fingerprint density at radius 3 is 2.53 bits per heavy atom. The second-order valence-electron chi connectivity index (χ2n) is 3.72. The highest BCUT2D eigenvalue weighted by Gasteiger charge is 2.08. The number of nitrogen functional groups attached to an aromatic ring is 1. The summed E-state index contributed by atoms with van der Waals surface area (Å²) >= 11 is 0. The van der Waals surface area contributed by atoms with E-state index in [1.807, 2.05) is 12.1 Å². The van der Waals surface area contributed by atoms with Crippen molar-refractivity contribution in [3.63, 3.8) is 0 Å². The van der Waals surface area contributed by atoms with Crippen LogP contribution in [0.4, 0.5) is 10.1 Å². The lowest BCUT2D eigenvalue weighted by molar-refractivity contribution is 0.619. The van der Waals surface area contributed by atoms with Crippen LogP contribution in [-0.2, 0) is 0 Å². The van der Waals surface area contributed by atoms with Gasteiger partial charge in [-0.15, -0.1) is 10.2 Å². The predicted molar refractivity (Wildman–Crippen MR) is 62.8 cm³/mol. The van der Waals surface area contributed by atoms with Crippen molar-refractivity contribution in [2.45, 2.75) is 0 Å². The van der Waals surface area contributed by atoms with Gasteiger partial charge in [0.15, 0.2) is 11.5 Å². The van der Waals surface area contributed by atoms with E-state index < -0.39 is 0 Å². The minimum Gasteiger partial charge on any atom is -0.399 e. The van der Waals surface area contributed by atoms with Crippen molar-refractivity contribution in [3.05, 3.63) is 48.4 Å². The number of rotatable bonds is 1. The zero-order valence-electron chi connectivity index (χ0n) is 8.84. The minimum absolute atomic E-state index is 0.325. The van der Waals surface area contributed by atoms with Crippen LogP contribution in [0.3, 0.4) is 0 Å². The summed E-state index contributed by atoms with van der Waals surface area (Å²) in [5.41, 5.74) is 7.74. The molecule has 0 fully saturated rings. The molecule has 0 aliphatic heterocycles. The number of pyridine rings is 1. The first-order chi connectivity index (χ1) is 8.24. The molecule has 0 bridgehead atoms. The average molecular weight is 228 g/mol. The summed E-state index contributed by atoms with van der Waals surface area (Å²) in [5, 5.41) is 8.02. The second kappa shape index (κ2) is 3.55. The van der Waals surface area contributed by atoms with Crippen LogP contribution < -0.4 is 5.73 Å². The standard InChI is InChI=1S/C12H9FN4/c13-9-3-6-11-15-16-12(17(11)7-9)8-1-4-10(14)5-2-8/h1-7H,14H2. The highest BCUT2D eigenvalue weighted by atomic mass is 19.1. The molecule has 4 nitrogen and oxygen atoms in total. The van der Waals surface area contributed by atoms with Gasteiger partial charge < -0.3 is 5.73 Å². The lowest BCUT2D eigenvalue weighted by atomic mass is 10.2. The Morgan fingerprint density at radius 1 is 1.00 bits per heavy atom. The van der Waals surface area contributed by atoms with Gasteiger partial charge in [-0.1, -0.05) is 0 Å². The quantitative estimate of drug-likeness (QED) is 0.649. The zero-order valence-corrected chi connectivity index (χ0v) is 8.84. The van der Waals surface area contributed by atoms with Crippen LogP contribution in [0.25, 0.3) is 17.0 Å². The fourth-order valence-electron chi connectivity index (χ4n) is 1.69. The third-order valence-electron chi connectivity index (χ3n) is 2.54. The number of anilines is 1. The highest BCUT2D eigenvalue weighted by molar-refractivity contribution is 5.61. The first kappa shape index (κ1) is 9.77. The Morgan fingerprint density at radius 2 is 1.76 bits per heavy atom. The number of fused-ring (bicyclic) bond motifs is 1. The molecule has 0 spiro atoms. The van der Waals surface area contributed by atoms with Gasteiger partial charge in [0.1, 0.15) is 5.82 Å². The minimum atomic E-state index is -0.325. The first-order valence-electron chi connectivity index (χ1n) is 5.10. The number of hydrogen-bond acceptors (Lipinski definition) is 3. The fraction of sp³-hybridized carbons (Fsp3) is 0. The third-order valence-corrected chi connectivity index (χ3v) is 2.54. The van der Waals surface area contributed by atoms with Gasteiger partial charge in [-0.05, 0) is 36.4 Å². The fourth-order valence-corrected chi connectivity index (χ4v) is 1.69. The molecule has 2 N–H and O–H groups in total. The van der Waals surface area contributed by atoms with Crippen LogP contribution in [0.1, 0.15) is 0 Å². The highest BCUT2D eigenvalue weighted by Crippen LogP contribution is 2.19. The van der Waals surface area contributed by atoms with Crippen LogP contribution >= 0.6 is 0 Å². The summed E-state index contributed by atoms with van der Waals surface area (Å²) in [4.78, 5) is 0. The molecule has 2 aromatic heterocycles. The zero-order chi connectivity index (χ0) is 11.8. The van der Waals surface area contributed by atoms with E-state index in [9.17, 15) is 4.39 Å². The van der Waals surface area contributed by atoms with E-state index in [-0.39, 0.29) is 5.82 Å². The van der Waals surface area contributed by atoms with Gasteiger partial charge in [-0.25, -0.2) is 4.39 Å². The molecule has 0 amide bonds. The lowest BCUT2D eigenvalue weighted by Gasteiger charge is -2.00. The van der Waals surface area contributed by atoms with Crippen molar-refractivity contribution in [2.24, 2.45) is 0 Å². The Balaban J connectivity index is 2.23. The molecule has 0 saturated carbocycles. The summed E-state index contributed by atoms with van der Waals surface area (Å²) < 4.78 is 14.8. The number of benzene rings is 1. The molecule has 5 heteroatoms. The number of halogens is 1. The average Bonchev–Trinajstić information content (AvgIpc) is 2.73. The van der Waals surface area contributed by atoms with Crippen molar-refractivity contribution < 1.29 is 4.39 Å². The van der Waals surface area contributed by atoms with Crippen molar-refractivity contribution in [1.29, 1.82) is 0 Å². The molecule has 3 rings (SSSR count). The van der Waals surface area contributed by atoms with E-state index in [4.69, 9.17) is 5.73 Å². The largest absolute Gasteiger partial charge is 0.399 e. The first-order valence-corrected chi connectivity index (χ1v) is 5.10. The maximum absolute atomic E-state index is 13.2. The normalized spacial score (nSPS) is 10.9. The van der Waals surface area contributed by atoms with Crippen molar-refractivity contribution >= 4 is 11.3 Å². The van der Waals surface area contributed by atoms with Crippen molar-refractivity contribution in [1.82, 2.24) is 14.6 Å². The van der Waals surface area contributed by atoms with Gasteiger partial charge in [0, 0.05) is 17.4 Å². The Kier molecular flexibility index (Phi) is 2.04. The molecule has 0 unspecified atom stereocenters. The smallest absolute Gasteiger partial charge is 0.168 e. The Labute approximate surface area is 96.5 Å². The van der Waals surface area contributed by atoms with E-state index in [2.05, 4.69) is 10.2 Å². The summed E-state index contributed by atoms with van der Waals surface area (Å²) in [6.45, 7) is 0. The van der Waals surface area contributed by atoms with Crippen LogP contribution in [0.15, 0.2) is 42.6 Å². The van der Waals surface area contributed by atoms with Gasteiger partial charge in [0.25, 0.3) is 0 Å². The van der Waals surface area contributed by atoms with Gasteiger partial charge in [0.2, 0.25) is 0 Å². The molecule has 0 saturated heterocycles. The molecule has 2 heterocycles. The van der Waals surface area contributed by atoms with Crippen LogP contribution in [0.2, 0.25) is 0 Å². The van der Waals surface area contributed by atoms with Crippen LogP contribution in [-0.4, -0.2) is 14.6 Å². The molecule has 3 aromatic rings. The molecular weight excluding hydrogens is 219 g/mol.